The number of hydrogen-bond donors (Lipinski definition) is 2. The van der Waals surface area contributed by atoms with Crippen molar-refractivity contribution in [2.24, 2.45) is 5.92 Å². The zero-order valence-electron chi connectivity index (χ0n) is 17.8. The highest BCUT2D eigenvalue weighted by Crippen LogP contribution is 2.34. The molecule has 0 aromatic carbocycles. The number of anilines is 1. The highest BCUT2D eigenvalue weighted by atomic mass is 35.5. The summed E-state index contributed by atoms with van der Waals surface area (Å²) in [5, 5.41) is 10.4. The van der Waals surface area contributed by atoms with E-state index in [2.05, 4.69) is 15.0 Å². The summed E-state index contributed by atoms with van der Waals surface area (Å²) in [6, 6.07) is 5.61. The van der Waals surface area contributed by atoms with E-state index in [1.54, 1.807) is 13.1 Å². The highest BCUT2D eigenvalue weighted by Gasteiger charge is 2.34. The number of aromatic carboxylic acids is 1. The first-order valence-electron chi connectivity index (χ1n) is 10.4. The summed E-state index contributed by atoms with van der Waals surface area (Å²) in [6.07, 6.45) is 3.70. The zero-order chi connectivity index (χ0) is 23.5. The number of aromatic amines is 1. The van der Waals surface area contributed by atoms with Gasteiger partial charge in [0.05, 0.1) is 34.6 Å². The molecule has 8 nitrogen and oxygen atoms in total. The predicted octanol–water partition coefficient (Wildman–Crippen LogP) is 4.86. The molecule has 0 radical (unpaired) electrons. The standard InChI is InChI=1S/C22H22Cl2N4O4S/c1-12-18(23)19(24)20(27-12)15(29)8-13-5-7-28(22-26-9-17(33-22)21(30)31)10-16(13)32-11-14-4-2-3-6-25-14/h2-4,6,9,13,16,27H,5,7-8,10-11H2,1H3,(H,30,31). The Bertz CT molecular complexity index is 1150. The third-order valence-corrected chi connectivity index (χ3v) is 7.62. The van der Waals surface area contributed by atoms with Crippen molar-refractivity contribution in [3.8, 4) is 0 Å². The van der Waals surface area contributed by atoms with Gasteiger partial charge in [-0.1, -0.05) is 40.6 Å². The van der Waals surface area contributed by atoms with Gasteiger partial charge in [0.2, 0.25) is 0 Å². The van der Waals surface area contributed by atoms with Crippen molar-refractivity contribution in [3.63, 3.8) is 0 Å². The van der Waals surface area contributed by atoms with Gasteiger partial charge < -0.3 is 19.7 Å². The van der Waals surface area contributed by atoms with Crippen LogP contribution < -0.4 is 4.90 Å². The first-order chi connectivity index (χ1) is 15.8. The van der Waals surface area contributed by atoms with Crippen LogP contribution in [0, 0.1) is 12.8 Å². The SMILES string of the molecule is Cc1[nH]c(C(=O)CC2CCN(c3ncc(C(=O)O)s3)CC2OCc2ccccn2)c(Cl)c1Cl. The van der Waals surface area contributed by atoms with Gasteiger partial charge in [0.25, 0.3) is 0 Å². The number of aromatic nitrogens is 3. The van der Waals surface area contributed by atoms with Gasteiger partial charge in [0.1, 0.15) is 10.6 Å². The second-order valence-corrected chi connectivity index (χ2v) is 9.62. The molecule has 174 valence electrons. The molecule has 1 aliphatic rings. The molecule has 0 spiro atoms. The van der Waals surface area contributed by atoms with Crippen LogP contribution in [0.1, 0.15) is 44.4 Å². The molecule has 0 saturated carbocycles. The minimum atomic E-state index is -1.00. The molecule has 33 heavy (non-hydrogen) atoms. The number of hydrogen-bond acceptors (Lipinski definition) is 7. The molecule has 2 unspecified atom stereocenters. The summed E-state index contributed by atoms with van der Waals surface area (Å²) >= 11 is 13.5. The quantitative estimate of drug-likeness (QED) is 0.418. The Hall–Kier alpha value is -2.46. The van der Waals surface area contributed by atoms with E-state index in [1.165, 1.54) is 6.20 Å². The number of pyridine rings is 1. The first kappa shape index (κ1) is 23.7. The minimum Gasteiger partial charge on any atom is -0.477 e. The Morgan fingerprint density at radius 2 is 2.12 bits per heavy atom. The number of carbonyl (C=O) groups excluding carboxylic acids is 1. The first-order valence-corrected chi connectivity index (χ1v) is 11.9. The second kappa shape index (κ2) is 10.2. The molecule has 1 saturated heterocycles. The van der Waals surface area contributed by atoms with E-state index < -0.39 is 5.97 Å². The largest absolute Gasteiger partial charge is 0.477 e. The number of nitrogens with one attached hydrogen (secondary N) is 1. The molecular weight excluding hydrogens is 487 g/mol. The molecule has 0 bridgehead atoms. The lowest BCUT2D eigenvalue weighted by molar-refractivity contribution is -0.00813. The fourth-order valence-corrected chi connectivity index (χ4v) is 5.08. The van der Waals surface area contributed by atoms with Crippen molar-refractivity contribution < 1.29 is 19.4 Å². The molecule has 3 aromatic heterocycles. The average molecular weight is 509 g/mol. The van der Waals surface area contributed by atoms with Crippen LogP contribution in [-0.2, 0) is 11.3 Å². The van der Waals surface area contributed by atoms with E-state index in [4.69, 9.17) is 27.9 Å². The van der Waals surface area contributed by atoms with E-state index in [0.29, 0.717) is 47.7 Å². The third-order valence-electron chi connectivity index (χ3n) is 5.62. The number of ketones is 1. The number of thiazole rings is 1. The molecule has 4 heterocycles. The smallest absolute Gasteiger partial charge is 0.347 e. The van der Waals surface area contributed by atoms with Gasteiger partial charge in [-0.25, -0.2) is 9.78 Å². The van der Waals surface area contributed by atoms with Crippen molar-refractivity contribution in [3.05, 3.63) is 62.6 Å². The van der Waals surface area contributed by atoms with Crippen LogP contribution in [0.5, 0.6) is 0 Å². The van der Waals surface area contributed by atoms with Crippen LogP contribution in [0.3, 0.4) is 0 Å². The van der Waals surface area contributed by atoms with Crippen LogP contribution >= 0.6 is 34.5 Å². The monoisotopic (exact) mass is 508 g/mol. The number of nitrogens with zero attached hydrogens (tertiary/aromatic N) is 3. The fourth-order valence-electron chi connectivity index (χ4n) is 3.85. The molecule has 11 heteroatoms. The Morgan fingerprint density at radius 1 is 1.30 bits per heavy atom. The number of ether oxygens (including phenoxy) is 1. The summed E-state index contributed by atoms with van der Waals surface area (Å²) in [6.45, 7) is 3.18. The van der Waals surface area contributed by atoms with Crippen molar-refractivity contribution in [1.29, 1.82) is 0 Å². The van der Waals surface area contributed by atoms with Gasteiger partial charge in [-0.3, -0.25) is 9.78 Å². The highest BCUT2D eigenvalue weighted by molar-refractivity contribution is 7.17. The Morgan fingerprint density at radius 3 is 2.76 bits per heavy atom. The van der Waals surface area contributed by atoms with E-state index >= 15 is 0 Å². The molecule has 2 atom stereocenters. The number of rotatable bonds is 8. The lowest BCUT2D eigenvalue weighted by atomic mass is 9.88. The summed E-state index contributed by atoms with van der Waals surface area (Å²) in [5.74, 6) is -1.18. The number of piperidine rings is 1. The van der Waals surface area contributed by atoms with E-state index in [-0.39, 0.29) is 34.1 Å². The van der Waals surface area contributed by atoms with Crippen molar-refractivity contribution in [2.75, 3.05) is 18.0 Å². The van der Waals surface area contributed by atoms with Gasteiger partial charge in [-0.2, -0.15) is 0 Å². The van der Waals surface area contributed by atoms with Crippen LogP contribution in [0.25, 0.3) is 0 Å². The molecule has 4 rings (SSSR count). The van der Waals surface area contributed by atoms with Gasteiger partial charge in [-0.05, 0) is 31.4 Å². The van der Waals surface area contributed by atoms with Gasteiger partial charge in [-0.15, -0.1) is 0 Å². The summed E-state index contributed by atoms with van der Waals surface area (Å²) in [4.78, 5) is 38.0. The Balaban J connectivity index is 1.50. The van der Waals surface area contributed by atoms with E-state index in [9.17, 15) is 14.7 Å². The number of Topliss-reactive ketones (excluding diaryl/α,β-unsaturated/α-hetero) is 1. The average Bonchev–Trinajstić information content (AvgIpc) is 3.41. The number of halogens is 2. The van der Waals surface area contributed by atoms with Crippen LogP contribution in [-0.4, -0.2) is 51.0 Å². The molecule has 0 amide bonds. The van der Waals surface area contributed by atoms with Crippen LogP contribution in [0.4, 0.5) is 5.13 Å². The maximum absolute atomic E-state index is 13.0. The second-order valence-electron chi connectivity index (χ2n) is 7.86. The summed E-state index contributed by atoms with van der Waals surface area (Å²) < 4.78 is 6.22. The summed E-state index contributed by atoms with van der Waals surface area (Å²) in [7, 11) is 0. The normalized spacial score (nSPS) is 18.5. The minimum absolute atomic E-state index is 0.0604. The maximum Gasteiger partial charge on any atom is 0.347 e. The van der Waals surface area contributed by atoms with Crippen molar-refractivity contribution >= 4 is 51.4 Å². The molecule has 0 aliphatic carbocycles. The molecular formula is C22H22Cl2N4O4S. The number of carboxylic acids is 1. The Labute approximate surface area is 204 Å². The lowest BCUT2D eigenvalue weighted by Crippen LogP contribution is -2.46. The number of carbonyl (C=O) groups is 2. The fraction of sp³-hybridized carbons (Fsp3) is 0.364. The number of aryl methyl sites for hydroxylation is 1. The number of carboxylic acid groups (broad SMARTS) is 1. The topological polar surface area (TPSA) is 108 Å². The van der Waals surface area contributed by atoms with Crippen molar-refractivity contribution in [2.45, 2.75) is 32.5 Å². The third kappa shape index (κ3) is 5.38. The van der Waals surface area contributed by atoms with Gasteiger partial charge >= 0.3 is 5.97 Å². The molecule has 3 aromatic rings. The molecule has 1 aliphatic heterocycles. The Kier molecular flexibility index (Phi) is 7.33. The maximum atomic E-state index is 13.0. The van der Waals surface area contributed by atoms with Gasteiger partial charge in [0, 0.05) is 31.4 Å². The summed E-state index contributed by atoms with van der Waals surface area (Å²) in [5.41, 5.74) is 1.76. The zero-order valence-corrected chi connectivity index (χ0v) is 20.1. The van der Waals surface area contributed by atoms with Crippen molar-refractivity contribution in [1.82, 2.24) is 15.0 Å². The number of H-pyrrole nitrogens is 1. The molecule has 2 N–H and O–H groups in total. The van der Waals surface area contributed by atoms with E-state index in [0.717, 1.165) is 17.0 Å². The molecule has 1 fully saturated rings. The lowest BCUT2D eigenvalue weighted by Gasteiger charge is -2.38. The predicted molar refractivity (Wildman–Crippen MR) is 127 cm³/mol. The van der Waals surface area contributed by atoms with Gasteiger partial charge in [0.15, 0.2) is 10.9 Å². The van der Waals surface area contributed by atoms with Crippen LogP contribution in [0.15, 0.2) is 30.6 Å². The van der Waals surface area contributed by atoms with E-state index in [1.807, 2.05) is 23.1 Å². The van der Waals surface area contributed by atoms with Crippen LogP contribution in [0.2, 0.25) is 10.0 Å².